The van der Waals surface area contributed by atoms with Crippen molar-refractivity contribution in [3.63, 3.8) is 0 Å². The Labute approximate surface area is 120 Å². The van der Waals surface area contributed by atoms with Crippen LogP contribution in [0.4, 0.5) is 11.5 Å². The number of halogens is 2. The number of benzene rings is 1. The molecule has 0 amide bonds. The zero-order chi connectivity index (χ0) is 12.5. The molecule has 0 aliphatic carbocycles. The molecule has 6 heteroatoms. The van der Waals surface area contributed by atoms with Crippen molar-refractivity contribution in [2.24, 2.45) is 0 Å². The Morgan fingerprint density at radius 3 is 2.83 bits per heavy atom. The third kappa shape index (κ3) is 2.13. The molecule has 0 saturated heterocycles. The van der Waals surface area contributed by atoms with E-state index >= 15 is 0 Å². The number of rotatable bonds is 2. The maximum Gasteiger partial charge on any atom is 0.180 e. The zero-order valence-electron chi connectivity index (χ0n) is 9.14. The molecule has 1 N–H and O–H groups in total. The number of imidazole rings is 1. The fourth-order valence-corrected chi connectivity index (χ4v) is 2.46. The van der Waals surface area contributed by atoms with Crippen molar-refractivity contribution < 1.29 is 0 Å². The molecule has 90 valence electrons. The Morgan fingerprint density at radius 2 is 2.00 bits per heavy atom. The van der Waals surface area contributed by atoms with Gasteiger partial charge >= 0.3 is 0 Å². The van der Waals surface area contributed by atoms with Gasteiger partial charge in [-0.05, 0) is 44.0 Å². The second kappa shape index (κ2) is 4.70. The molecule has 4 nitrogen and oxygen atoms in total. The molecule has 0 spiro atoms. The van der Waals surface area contributed by atoms with E-state index in [1.54, 1.807) is 6.20 Å². The Hall–Kier alpha value is -1.40. The summed E-state index contributed by atoms with van der Waals surface area (Å²) in [7, 11) is 0. The summed E-state index contributed by atoms with van der Waals surface area (Å²) in [5, 5.41) is 3.27. The van der Waals surface area contributed by atoms with E-state index < -0.39 is 0 Å². The highest BCUT2D eigenvalue weighted by Gasteiger charge is 2.07. The van der Waals surface area contributed by atoms with Crippen molar-refractivity contribution in [1.82, 2.24) is 14.4 Å². The first-order chi connectivity index (χ1) is 8.74. The van der Waals surface area contributed by atoms with Crippen LogP contribution in [-0.2, 0) is 0 Å². The number of fused-ring (bicyclic) bond motifs is 1. The molecular formula is C12H8Br2N4. The van der Waals surface area contributed by atoms with Crippen LogP contribution in [0.1, 0.15) is 0 Å². The van der Waals surface area contributed by atoms with Crippen LogP contribution in [0.3, 0.4) is 0 Å². The molecule has 0 saturated carbocycles. The number of para-hydroxylation sites is 1. The highest BCUT2D eigenvalue weighted by molar-refractivity contribution is 9.10. The molecular weight excluding hydrogens is 360 g/mol. The fraction of sp³-hybridized carbons (Fsp3) is 0. The molecule has 0 aliphatic rings. The lowest BCUT2D eigenvalue weighted by Gasteiger charge is -2.09. The van der Waals surface area contributed by atoms with Gasteiger partial charge in [0.25, 0.3) is 0 Å². The first-order valence-corrected chi connectivity index (χ1v) is 6.83. The number of aromatic nitrogens is 3. The van der Waals surface area contributed by atoms with Crippen molar-refractivity contribution in [3.8, 4) is 0 Å². The van der Waals surface area contributed by atoms with Gasteiger partial charge in [0.1, 0.15) is 4.60 Å². The van der Waals surface area contributed by atoms with E-state index in [1.165, 1.54) is 0 Å². The standard InChI is InChI=1S/C12H8Br2N4/c13-8-3-1-2-4-9(8)16-11-12-15-5-6-18(12)7-10(14)17-11/h1-7H,(H,16,17). The molecule has 0 radical (unpaired) electrons. The molecule has 3 aromatic rings. The van der Waals surface area contributed by atoms with E-state index in [1.807, 2.05) is 41.1 Å². The van der Waals surface area contributed by atoms with Crippen LogP contribution in [0.2, 0.25) is 0 Å². The van der Waals surface area contributed by atoms with Crippen LogP contribution in [0, 0.1) is 0 Å². The van der Waals surface area contributed by atoms with Crippen molar-refractivity contribution in [2.45, 2.75) is 0 Å². The summed E-state index contributed by atoms with van der Waals surface area (Å²) in [5.41, 5.74) is 1.74. The Bertz CT molecular complexity index is 708. The maximum absolute atomic E-state index is 4.41. The van der Waals surface area contributed by atoms with E-state index in [0.717, 1.165) is 20.4 Å². The topological polar surface area (TPSA) is 42.2 Å². The summed E-state index contributed by atoms with van der Waals surface area (Å²) >= 11 is 6.89. The highest BCUT2D eigenvalue weighted by atomic mass is 79.9. The van der Waals surface area contributed by atoms with Crippen LogP contribution in [-0.4, -0.2) is 14.4 Å². The van der Waals surface area contributed by atoms with E-state index in [2.05, 4.69) is 47.1 Å². The predicted molar refractivity (Wildman–Crippen MR) is 78.1 cm³/mol. The number of hydrogen-bond acceptors (Lipinski definition) is 3. The number of hydrogen-bond donors (Lipinski definition) is 1. The van der Waals surface area contributed by atoms with Gasteiger partial charge < -0.3 is 9.72 Å². The lowest BCUT2D eigenvalue weighted by molar-refractivity contribution is 1.10. The number of nitrogens with one attached hydrogen (secondary N) is 1. The van der Waals surface area contributed by atoms with Crippen LogP contribution in [0.25, 0.3) is 5.65 Å². The Kier molecular flexibility index (Phi) is 3.05. The third-order valence-corrected chi connectivity index (χ3v) is 3.55. The van der Waals surface area contributed by atoms with Crippen molar-refractivity contribution in [1.29, 1.82) is 0 Å². The first kappa shape index (κ1) is 11.7. The zero-order valence-corrected chi connectivity index (χ0v) is 12.3. The first-order valence-electron chi connectivity index (χ1n) is 5.25. The average molecular weight is 368 g/mol. The number of nitrogens with zero attached hydrogens (tertiary/aromatic N) is 3. The average Bonchev–Trinajstić information content (AvgIpc) is 2.80. The summed E-state index contributed by atoms with van der Waals surface area (Å²) in [6.07, 6.45) is 5.50. The molecule has 0 bridgehead atoms. The Morgan fingerprint density at radius 1 is 1.17 bits per heavy atom. The second-order valence-corrected chi connectivity index (χ2v) is 5.34. The SMILES string of the molecule is Brc1cn2ccnc2c(Nc2ccccc2Br)n1. The summed E-state index contributed by atoms with van der Waals surface area (Å²) in [6, 6.07) is 7.89. The van der Waals surface area contributed by atoms with Crippen molar-refractivity contribution in [2.75, 3.05) is 5.32 Å². The van der Waals surface area contributed by atoms with Gasteiger partial charge in [-0.3, -0.25) is 0 Å². The molecule has 0 unspecified atom stereocenters. The summed E-state index contributed by atoms with van der Waals surface area (Å²) in [5.74, 6) is 0.710. The van der Waals surface area contributed by atoms with Gasteiger partial charge in [-0.1, -0.05) is 12.1 Å². The van der Waals surface area contributed by atoms with E-state index in [0.29, 0.717) is 5.82 Å². The van der Waals surface area contributed by atoms with Crippen molar-refractivity contribution in [3.05, 3.63) is 51.9 Å². The molecule has 18 heavy (non-hydrogen) atoms. The summed E-state index contributed by atoms with van der Waals surface area (Å²) in [6.45, 7) is 0. The van der Waals surface area contributed by atoms with Gasteiger partial charge in [-0.25, -0.2) is 9.97 Å². The van der Waals surface area contributed by atoms with Gasteiger partial charge in [0.15, 0.2) is 11.5 Å². The second-order valence-electron chi connectivity index (χ2n) is 3.68. The van der Waals surface area contributed by atoms with Crippen LogP contribution >= 0.6 is 31.9 Å². The minimum absolute atomic E-state index is 0.710. The third-order valence-electron chi connectivity index (χ3n) is 2.47. The van der Waals surface area contributed by atoms with E-state index in [-0.39, 0.29) is 0 Å². The Balaban J connectivity index is 2.10. The molecule has 1 aromatic carbocycles. The van der Waals surface area contributed by atoms with Gasteiger partial charge in [-0.2, -0.15) is 0 Å². The molecule has 0 atom stereocenters. The lowest BCUT2D eigenvalue weighted by Crippen LogP contribution is -1.99. The van der Waals surface area contributed by atoms with E-state index in [9.17, 15) is 0 Å². The highest BCUT2D eigenvalue weighted by Crippen LogP contribution is 2.26. The summed E-state index contributed by atoms with van der Waals surface area (Å²) in [4.78, 5) is 8.70. The van der Waals surface area contributed by atoms with Crippen LogP contribution in [0.15, 0.2) is 51.9 Å². The van der Waals surface area contributed by atoms with Crippen molar-refractivity contribution >= 4 is 49.0 Å². The minimum Gasteiger partial charge on any atom is -0.336 e. The maximum atomic E-state index is 4.41. The van der Waals surface area contributed by atoms with E-state index in [4.69, 9.17) is 0 Å². The van der Waals surface area contributed by atoms with Gasteiger partial charge in [-0.15, -0.1) is 0 Å². The van der Waals surface area contributed by atoms with Gasteiger partial charge in [0.2, 0.25) is 0 Å². The van der Waals surface area contributed by atoms with Gasteiger partial charge in [0.05, 0.1) is 5.69 Å². The summed E-state index contributed by atoms with van der Waals surface area (Å²) < 4.78 is 3.65. The quantitative estimate of drug-likeness (QED) is 0.744. The largest absolute Gasteiger partial charge is 0.336 e. The molecule has 2 heterocycles. The van der Waals surface area contributed by atoms with Gasteiger partial charge in [0, 0.05) is 23.1 Å². The monoisotopic (exact) mass is 366 g/mol. The fourth-order valence-electron chi connectivity index (χ4n) is 1.68. The minimum atomic E-state index is 0.710. The van der Waals surface area contributed by atoms with Crippen LogP contribution < -0.4 is 5.32 Å². The molecule has 3 rings (SSSR count). The molecule has 0 fully saturated rings. The lowest BCUT2D eigenvalue weighted by atomic mass is 10.3. The van der Waals surface area contributed by atoms with Crippen LogP contribution in [0.5, 0.6) is 0 Å². The molecule has 2 aromatic heterocycles. The predicted octanol–water partition coefficient (Wildman–Crippen LogP) is 4.00. The molecule has 0 aliphatic heterocycles. The normalized spacial score (nSPS) is 10.8. The number of anilines is 2. The smallest absolute Gasteiger partial charge is 0.180 e.